The number of rotatable bonds is 5. The Hall–Kier alpha value is -1.09. The fourth-order valence-electron chi connectivity index (χ4n) is 2.73. The topological polar surface area (TPSA) is 15.3 Å². The highest BCUT2D eigenvalue weighted by Gasteiger charge is 2.37. The molecule has 0 unspecified atom stereocenters. The summed E-state index contributed by atoms with van der Waals surface area (Å²) < 4.78 is 12.9. The summed E-state index contributed by atoms with van der Waals surface area (Å²) in [7, 11) is 4.10. The minimum atomic E-state index is -0.171. The Labute approximate surface area is 103 Å². The molecule has 0 spiro atoms. The second-order valence-corrected chi connectivity index (χ2v) is 5.22. The van der Waals surface area contributed by atoms with Crippen molar-refractivity contribution in [1.82, 2.24) is 5.32 Å². The zero-order chi connectivity index (χ0) is 12.3. The second kappa shape index (κ2) is 5.05. The van der Waals surface area contributed by atoms with Crippen LogP contribution in [0, 0.1) is 11.2 Å². The lowest BCUT2D eigenvalue weighted by Gasteiger charge is -2.45. The van der Waals surface area contributed by atoms with E-state index in [1.165, 1.54) is 31.4 Å². The molecule has 1 saturated carbocycles. The van der Waals surface area contributed by atoms with Gasteiger partial charge in [-0.15, -0.1) is 0 Å². The van der Waals surface area contributed by atoms with Crippen LogP contribution in [0.5, 0.6) is 0 Å². The van der Waals surface area contributed by atoms with Gasteiger partial charge in [0.2, 0.25) is 0 Å². The van der Waals surface area contributed by atoms with Crippen molar-refractivity contribution < 1.29 is 4.39 Å². The zero-order valence-electron chi connectivity index (χ0n) is 10.7. The number of hydrogen-bond acceptors (Lipinski definition) is 2. The molecular weight excluding hydrogens is 215 g/mol. The van der Waals surface area contributed by atoms with E-state index in [-0.39, 0.29) is 5.82 Å². The van der Waals surface area contributed by atoms with Gasteiger partial charge < -0.3 is 10.2 Å². The standard InChI is InChI=1S/C14H21FN2/c1-16-10-14(8-3-9-14)11-17(2)13-6-4-12(15)5-7-13/h4-7,16H,3,8-11H2,1-2H3. The maximum atomic E-state index is 12.9. The van der Waals surface area contributed by atoms with Crippen LogP contribution >= 0.6 is 0 Å². The summed E-state index contributed by atoms with van der Waals surface area (Å²) in [5.41, 5.74) is 1.51. The molecular formula is C14H21FN2. The van der Waals surface area contributed by atoms with Crippen LogP contribution in [-0.4, -0.2) is 27.2 Å². The third-order valence-corrected chi connectivity index (χ3v) is 3.81. The van der Waals surface area contributed by atoms with Gasteiger partial charge in [-0.2, -0.15) is 0 Å². The highest BCUT2D eigenvalue weighted by Crippen LogP contribution is 2.41. The Morgan fingerprint density at radius 2 is 1.94 bits per heavy atom. The molecule has 1 fully saturated rings. The van der Waals surface area contributed by atoms with Gasteiger partial charge >= 0.3 is 0 Å². The Bertz CT molecular complexity index is 357. The van der Waals surface area contributed by atoms with Crippen molar-refractivity contribution >= 4 is 5.69 Å². The van der Waals surface area contributed by atoms with Gasteiger partial charge in [-0.3, -0.25) is 0 Å². The molecule has 1 aliphatic rings. The highest BCUT2D eigenvalue weighted by atomic mass is 19.1. The van der Waals surface area contributed by atoms with Crippen molar-refractivity contribution in [2.45, 2.75) is 19.3 Å². The molecule has 0 saturated heterocycles. The molecule has 0 radical (unpaired) electrons. The first-order valence-electron chi connectivity index (χ1n) is 6.27. The van der Waals surface area contributed by atoms with Crippen LogP contribution < -0.4 is 10.2 Å². The van der Waals surface area contributed by atoms with E-state index in [4.69, 9.17) is 0 Å². The molecule has 0 bridgehead atoms. The van der Waals surface area contributed by atoms with Gasteiger partial charge in [-0.25, -0.2) is 4.39 Å². The largest absolute Gasteiger partial charge is 0.374 e. The SMILES string of the molecule is CNCC1(CN(C)c2ccc(F)cc2)CCC1. The lowest BCUT2D eigenvalue weighted by molar-refractivity contribution is 0.143. The fraction of sp³-hybridized carbons (Fsp3) is 0.571. The predicted molar refractivity (Wildman–Crippen MR) is 69.9 cm³/mol. The molecule has 2 nitrogen and oxygen atoms in total. The Balaban J connectivity index is 2.00. The van der Waals surface area contributed by atoms with Crippen molar-refractivity contribution in [2.75, 3.05) is 32.1 Å². The van der Waals surface area contributed by atoms with Crippen LogP contribution in [0.4, 0.5) is 10.1 Å². The molecule has 3 heteroatoms. The maximum absolute atomic E-state index is 12.9. The van der Waals surface area contributed by atoms with Crippen LogP contribution in [0.25, 0.3) is 0 Å². The third kappa shape index (κ3) is 2.78. The normalized spacial score (nSPS) is 17.6. The van der Waals surface area contributed by atoms with Crippen LogP contribution in [-0.2, 0) is 0 Å². The predicted octanol–water partition coefficient (Wildman–Crippen LogP) is 2.65. The van der Waals surface area contributed by atoms with Gasteiger partial charge in [0, 0.05) is 31.2 Å². The average Bonchev–Trinajstić information content (AvgIpc) is 2.27. The van der Waals surface area contributed by atoms with Gasteiger partial charge in [-0.1, -0.05) is 6.42 Å². The van der Waals surface area contributed by atoms with Crippen molar-refractivity contribution in [2.24, 2.45) is 5.41 Å². The fourth-order valence-corrected chi connectivity index (χ4v) is 2.73. The molecule has 0 aliphatic heterocycles. The lowest BCUT2D eigenvalue weighted by atomic mass is 9.68. The molecule has 0 amide bonds. The van der Waals surface area contributed by atoms with E-state index >= 15 is 0 Å². The van der Waals surface area contributed by atoms with E-state index in [0.29, 0.717) is 5.41 Å². The highest BCUT2D eigenvalue weighted by molar-refractivity contribution is 5.45. The van der Waals surface area contributed by atoms with E-state index in [9.17, 15) is 4.39 Å². The summed E-state index contributed by atoms with van der Waals surface area (Å²) in [4.78, 5) is 2.23. The van der Waals surface area contributed by atoms with Crippen LogP contribution in [0.2, 0.25) is 0 Å². The molecule has 0 aromatic heterocycles. The number of benzene rings is 1. The summed E-state index contributed by atoms with van der Waals surface area (Å²) >= 11 is 0. The third-order valence-electron chi connectivity index (χ3n) is 3.81. The molecule has 0 atom stereocenters. The van der Waals surface area contributed by atoms with Crippen molar-refractivity contribution in [3.05, 3.63) is 30.1 Å². The number of nitrogens with zero attached hydrogens (tertiary/aromatic N) is 1. The quantitative estimate of drug-likeness (QED) is 0.845. The summed E-state index contributed by atoms with van der Waals surface area (Å²) in [5.74, 6) is -0.171. The Morgan fingerprint density at radius 3 is 2.41 bits per heavy atom. The van der Waals surface area contributed by atoms with Gasteiger partial charge in [0.1, 0.15) is 5.82 Å². The lowest BCUT2D eigenvalue weighted by Crippen LogP contribution is -2.47. The monoisotopic (exact) mass is 236 g/mol. The molecule has 1 N–H and O–H groups in total. The van der Waals surface area contributed by atoms with E-state index in [2.05, 4.69) is 17.3 Å². The van der Waals surface area contributed by atoms with Crippen molar-refractivity contribution in [1.29, 1.82) is 0 Å². The first kappa shape index (κ1) is 12.4. The summed E-state index contributed by atoms with van der Waals surface area (Å²) in [6.07, 6.45) is 3.91. The van der Waals surface area contributed by atoms with E-state index in [0.717, 1.165) is 18.8 Å². The van der Waals surface area contributed by atoms with Gasteiger partial charge in [-0.05, 0) is 44.2 Å². The van der Waals surface area contributed by atoms with Crippen LogP contribution in [0.1, 0.15) is 19.3 Å². The maximum Gasteiger partial charge on any atom is 0.123 e. The molecule has 0 heterocycles. The first-order valence-corrected chi connectivity index (χ1v) is 6.27. The molecule has 17 heavy (non-hydrogen) atoms. The molecule has 1 aromatic rings. The minimum absolute atomic E-state index is 0.171. The van der Waals surface area contributed by atoms with Crippen LogP contribution in [0.3, 0.4) is 0 Å². The van der Waals surface area contributed by atoms with Gasteiger partial charge in [0.15, 0.2) is 0 Å². The zero-order valence-corrected chi connectivity index (χ0v) is 10.7. The minimum Gasteiger partial charge on any atom is -0.374 e. The van der Waals surface area contributed by atoms with E-state index < -0.39 is 0 Å². The second-order valence-electron chi connectivity index (χ2n) is 5.22. The Kier molecular flexibility index (Phi) is 3.67. The molecule has 94 valence electrons. The number of halogens is 1. The summed E-state index contributed by atoms with van der Waals surface area (Å²) in [6, 6.07) is 6.75. The first-order chi connectivity index (χ1) is 8.15. The van der Waals surface area contributed by atoms with Crippen molar-refractivity contribution in [3.63, 3.8) is 0 Å². The number of nitrogens with one attached hydrogen (secondary N) is 1. The number of hydrogen-bond donors (Lipinski definition) is 1. The smallest absolute Gasteiger partial charge is 0.123 e. The summed E-state index contributed by atoms with van der Waals surface area (Å²) in [5, 5.41) is 3.29. The average molecular weight is 236 g/mol. The van der Waals surface area contributed by atoms with E-state index in [1.807, 2.05) is 19.2 Å². The van der Waals surface area contributed by atoms with Gasteiger partial charge in [0.25, 0.3) is 0 Å². The molecule has 1 aromatic carbocycles. The molecule has 2 rings (SSSR count). The molecule has 1 aliphatic carbocycles. The number of anilines is 1. The Morgan fingerprint density at radius 1 is 1.29 bits per heavy atom. The van der Waals surface area contributed by atoms with Gasteiger partial charge in [0.05, 0.1) is 0 Å². The summed E-state index contributed by atoms with van der Waals surface area (Å²) in [6.45, 7) is 2.11. The van der Waals surface area contributed by atoms with Crippen molar-refractivity contribution in [3.8, 4) is 0 Å². The van der Waals surface area contributed by atoms with E-state index in [1.54, 1.807) is 0 Å². The van der Waals surface area contributed by atoms with Crippen LogP contribution in [0.15, 0.2) is 24.3 Å².